The average Bonchev–Trinajstić information content (AvgIpc) is 2.70. The lowest BCUT2D eigenvalue weighted by atomic mass is 10.2. The fraction of sp³-hybridized carbons (Fsp3) is 0.0455. The number of carboxylic acid groups (broad SMARTS) is 1. The summed E-state index contributed by atoms with van der Waals surface area (Å²) in [5.74, 6) is -1.04. The molecule has 8 nitrogen and oxygen atoms in total. The van der Waals surface area contributed by atoms with E-state index in [1.165, 1.54) is 18.2 Å². The number of carbonyl (C=O) groups is 3. The van der Waals surface area contributed by atoms with Crippen LogP contribution in [0.5, 0.6) is 17.2 Å². The largest absolute Gasteiger partial charge is 0.519 e. The normalized spacial score (nSPS) is 10.0. The number of aryl methyl sites for hydroxylation is 1. The molecule has 0 radical (unpaired) electrons. The summed E-state index contributed by atoms with van der Waals surface area (Å²) in [7, 11) is 0. The van der Waals surface area contributed by atoms with E-state index in [9.17, 15) is 19.5 Å². The van der Waals surface area contributed by atoms with E-state index in [1.54, 1.807) is 54.6 Å². The smallest absolute Gasteiger partial charge is 0.478 e. The summed E-state index contributed by atoms with van der Waals surface area (Å²) >= 11 is 0. The topological polar surface area (TPSA) is 111 Å². The summed E-state index contributed by atoms with van der Waals surface area (Å²) in [6.07, 6.45) is -1.91. The molecule has 0 atom stereocenters. The van der Waals surface area contributed by atoms with Crippen LogP contribution in [-0.4, -0.2) is 23.3 Å². The summed E-state index contributed by atoms with van der Waals surface area (Å²) in [5.41, 5.74) is 0.897. The highest BCUT2D eigenvalue weighted by molar-refractivity contribution is 5.94. The standard InChI is InChI=1S/C22H17NO7/c1-14-7-10-17(11-8-14)28-21(26)23-15-9-12-18(20(24)25)19(13-15)30-22(27)29-16-5-3-2-4-6-16/h2-13H,1H3,(H,23,26)(H,24,25). The quantitative estimate of drug-likeness (QED) is 0.458. The van der Waals surface area contributed by atoms with Gasteiger partial charge in [-0.05, 0) is 43.3 Å². The Morgan fingerprint density at radius 3 is 2.13 bits per heavy atom. The van der Waals surface area contributed by atoms with Gasteiger partial charge in [0.15, 0.2) is 5.75 Å². The molecule has 3 rings (SSSR count). The minimum atomic E-state index is -1.31. The molecule has 8 heteroatoms. The van der Waals surface area contributed by atoms with Crippen molar-refractivity contribution in [3.05, 3.63) is 83.9 Å². The van der Waals surface area contributed by atoms with E-state index in [4.69, 9.17) is 14.2 Å². The molecule has 0 saturated heterocycles. The van der Waals surface area contributed by atoms with Crippen LogP contribution in [0.25, 0.3) is 0 Å². The maximum atomic E-state index is 12.1. The zero-order chi connectivity index (χ0) is 21.5. The Morgan fingerprint density at radius 1 is 0.800 bits per heavy atom. The minimum Gasteiger partial charge on any atom is -0.478 e. The number of aromatic carboxylic acids is 1. The van der Waals surface area contributed by atoms with Crippen molar-refractivity contribution < 1.29 is 33.7 Å². The van der Waals surface area contributed by atoms with Crippen LogP contribution in [0, 0.1) is 6.92 Å². The number of carboxylic acids is 1. The molecule has 0 spiro atoms. The highest BCUT2D eigenvalue weighted by atomic mass is 16.7. The maximum absolute atomic E-state index is 12.1. The van der Waals surface area contributed by atoms with Gasteiger partial charge in [-0.3, -0.25) is 5.32 Å². The summed E-state index contributed by atoms with van der Waals surface area (Å²) < 4.78 is 15.2. The lowest BCUT2D eigenvalue weighted by molar-refractivity contribution is 0.0693. The summed E-state index contributed by atoms with van der Waals surface area (Å²) in [6.45, 7) is 1.90. The number of benzene rings is 3. The molecule has 30 heavy (non-hydrogen) atoms. The Morgan fingerprint density at radius 2 is 1.47 bits per heavy atom. The summed E-state index contributed by atoms with van der Waals surface area (Å²) in [5, 5.41) is 11.8. The van der Waals surface area contributed by atoms with E-state index in [-0.39, 0.29) is 22.7 Å². The molecule has 0 aliphatic heterocycles. The highest BCUT2D eigenvalue weighted by Gasteiger charge is 2.18. The molecule has 0 fully saturated rings. The Bertz CT molecular complexity index is 1060. The van der Waals surface area contributed by atoms with Crippen molar-refractivity contribution in [2.75, 3.05) is 5.32 Å². The van der Waals surface area contributed by atoms with Crippen molar-refractivity contribution in [3.63, 3.8) is 0 Å². The van der Waals surface area contributed by atoms with Crippen molar-refractivity contribution in [2.45, 2.75) is 6.92 Å². The number of carbonyl (C=O) groups excluding carboxylic acids is 2. The first kappa shape index (κ1) is 20.4. The first-order valence-corrected chi connectivity index (χ1v) is 8.78. The van der Waals surface area contributed by atoms with E-state index in [0.29, 0.717) is 5.75 Å². The van der Waals surface area contributed by atoms with Crippen molar-refractivity contribution in [1.29, 1.82) is 0 Å². The molecule has 3 aromatic rings. The minimum absolute atomic E-state index is 0.166. The number of nitrogens with one attached hydrogen (secondary N) is 1. The lowest BCUT2D eigenvalue weighted by Crippen LogP contribution is -2.18. The summed E-state index contributed by atoms with van der Waals surface area (Å²) in [6, 6.07) is 18.7. The second kappa shape index (κ2) is 9.24. The van der Waals surface area contributed by atoms with E-state index < -0.39 is 18.2 Å². The van der Waals surface area contributed by atoms with E-state index >= 15 is 0 Å². The van der Waals surface area contributed by atoms with Crippen LogP contribution in [0.2, 0.25) is 0 Å². The molecule has 2 N–H and O–H groups in total. The van der Waals surface area contributed by atoms with Gasteiger partial charge in [0.05, 0.1) is 0 Å². The highest BCUT2D eigenvalue weighted by Crippen LogP contribution is 2.25. The molecule has 1 amide bonds. The zero-order valence-corrected chi connectivity index (χ0v) is 15.8. The van der Waals surface area contributed by atoms with Gasteiger partial charge in [0.2, 0.25) is 0 Å². The van der Waals surface area contributed by atoms with E-state index in [2.05, 4.69) is 5.32 Å². The number of anilines is 1. The monoisotopic (exact) mass is 407 g/mol. The number of hydrogen-bond donors (Lipinski definition) is 2. The molecular formula is C22H17NO7. The predicted octanol–water partition coefficient (Wildman–Crippen LogP) is 4.88. The van der Waals surface area contributed by atoms with Crippen molar-refractivity contribution in [1.82, 2.24) is 0 Å². The zero-order valence-electron chi connectivity index (χ0n) is 15.8. The Hall–Kier alpha value is -4.33. The third-order valence-corrected chi connectivity index (χ3v) is 3.83. The number of ether oxygens (including phenoxy) is 3. The molecule has 0 saturated carbocycles. The molecule has 0 unspecified atom stereocenters. The lowest BCUT2D eigenvalue weighted by Gasteiger charge is -2.11. The molecular weight excluding hydrogens is 390 g/mol. The number of amides is 1. The molecule has 152 valence electrons. The second-order valence-corrected chi connectivity index (χ2v) is 6.11. The summed E-state index contributed by atoms with van der Waals surface area (Å²) in [4.78, 5) is 35.5. The third-order valence-electron chi connectivity index (χ3n) is 3.83. The Balaban J connectivity index is 1.71. The molecule has 0 aromatic heterocycles. The molecule has 0 aliphatic carbocycles. The predicted molar refractivity (Wildman–Crippen MR) is 107 cm³/mol. The molecule has 0 heterocycles. The van der Waals surface area contributed by atoms with Gasteiger partial charge in [-0.1, -0.05) is 35.9 Å². The van der Waals surface area contributed by atoms with Crippen LogP contribution in [-0.2, 0) is 0 Å². The van der Waals surface area contributed by atoms with Gasteiger partial charge in [0.25, 0.3) is 0 Å². The third kappa shape index (κ3) is 5.59. The van der Waals surface area contributed by atoms with Crippen molar-refractivity contribution in [3.8, 4) is 17.2 Å². The number of rotatable bonds is 5. The molecule has 0 aliphatic rings. The van der Waals surface area contributed by atoms with Crippen molar-refractivity contribution >= 4 is 23.9 Å². The Labute approximate surface area is 171 Å². The number of para-hydroxylation sites is 1. The molecule has 3 aromatic carbocycles. The van der Waals surface area contributed by atoms with Gasteiger partial charge in [-0.15, -0.1) is 0 Å². The van der Waals surface area contributed by atoms with Crippen LogP contribution in [0.1, 0.15) is 15.9 Å². The van der Waals surface area contributed by atoms with Gasteiger partial charge in [-0.25, -0.2) is 14.4 Å². The fourth-order valence-electron chi connectivity index (χ4n) is 2.41. The average molecular weight is 407 g/mol. The van der Waals surface area contributed by atoms with Crippen LogP contribution in [0.3, 0.4) is 0 Å². The number of hydrogen-bond acceptors (Lipinski definition) is 6. The van der Waals surface area contributed by atoms with Crippen LogP contribution in [0.4, 0.5) is 15.3 Å². The van der Waals surface area contributed by atoms with Gasteiger partial charge in [0.1, 0.15) is 17.1 Å². The van der Waals surface area contributed by atoms with Gasteiger partial charge in [0, 0.05) is 11.8 Å². The van der Waals surface area contributed by atoms with Crippen LogP contribution < -0.4 is 19.5 Å². The van der Waals surface area contributed by atoms with E-state index in [1.807, 2.05) is 6.92 Å². The van der Waals surface area contributed by atoms with Crippen LogP contribution in [0.15, 0.2) is 72.8 Å². The van der Waals surface area contributed by atoms with E-state index in [0.717, 1.165) is 5.56 Å². The first-order valence-electron chi connectivity index (χ1n) is 8.78. The van der Waals surface area contributed by atoms with Crippen LogP contribution >= 0.6 is 0 Å². The SMILES string of the molecule is Cc1ccc(OC(=O)Nc2ccc(C(=O)O)c(OC(=O)Oc3ccccc3)c2)cc1. The van der Waals surface area contributed by atoms with Gasteiger partial charge < -0.3 is 19.3 Å². The fourth-order valence-corrected chi connectivity index (χ4v) is 2.41. The maximum Gasteiger partial charge on any atom is 0.519 e. The second-order valence-electron chi connectivity index (χ2n) is 6.11. The Kier molecular flexibility index (Phi) is 6.29. The van der Waals surface area contributed by atoms with Crippen molar-refractivity contribution in [2.24, 2.45) is 0 Å². The van der Waals surface area contributed by atoms with Gasteiger partial charge in [-0.2, -0.15) is 0 Å². The van der Waals surface area contributed by atoms with Gasteiger partial charge >= 0.3 is 18.2 Å². The first-order chi connectivity index (χ1) is 14.4. The molecule has 0 bridgehead atoms.